The Kier molecular flexibility index (Phi) is 20.0. The number of nitrogens with zero attached hydrogens (tertiary/aromatic N) is 2. The van der Waals surface area contributed by atoms with Crippen LogP contribution in [0.25, 0.3) is 0 Å². The molecule has 0 aliphatic carbocycles. The van der Waals surface area contributed by atoms with Gasteiger partial charge in [-0.15, -0.1) is 0 Å². The summed E-state index contributed by atoms with van der Waals surface area (Å²) >= 11 is 0. The number of unbranched alkanes of at least 4 members (excludes halogenated alkanes) is 20. The average molecular weight is 493 g/mol. The van der Waals surface area contributed by atoms with Gasteiger partial charge < -0.3 is 10.8 Å². The molecule has 5 heteroatoms. The van der Waals surface area contributed by atoms with Crippen molar-refractivity contribution in [2.45, 2.75) is 148 Å². The third kappa shape index (κ3) is 16.2. The minimum Gasteiger partial charge on any atom is -0.477 e. The van der Waals surface area contributed by atoms with Crippen LogP contribution in [0.3, 0.4) is 0 Å². The highest BCUT2D eigenvalue weighted by Gasteiger charge is 2.36. The summed E-state index contributed by atoms with van der Waals surface area (Å²) < 4.78 is 0.311. The van der Waals surface area contributed by atoms with E-state index in [-0.39, 0.29) is 6.54 Å². The van der Waals surface area contributed by atoms with Crippen molar-refractivity contribution in [3.05, 3.63) is 12.4 Å². The second-order valence-corrected chi connectivity index (χ2v) is 10.8. The van der Waals surface area contributed by atoms with Gasteiger partial charge in [-0.05, 0) is 6.42 Å². The second-order valence-electron chi connectivity index (χ2n) is 10.8. The van der Waals surface area contributed by atoms with Crippen molar-refractivity contribution in [2.75, 3.05) is 19.6 Å². The van der Waals surface area contributed by atoms with E-state index in [0.717, 1.165) is 18.7 Å². The maximum atomic E-state index is 11.3. The van der Waals surface area contributed by atoms with Gasteiger partial charge in [-0.2, -0.15) is 0 Å². The van der Waals surface area contributed by atoms with Gasteiger partial charge in [0.05, 0.1) is 6.20 Å². The zero-order chi connectivity index (χ0) is 25.5. The second kappa shape index (κ2) is 22.0. The smallest absolute Gasteiger partial charge is 0.360 e. The van der Waals surface area contributed by atoms with Crippen molar-refractivity contribution in [1.29, 1.82) is 0 Å². The first kappa shape index (κ1) is 31.8. The Morgan fingerprint density at radius 2 is 1.14 bits per heavy atom. The van der Waals surface area contributed by atoms with Crippen molar-refractivity contribution in [1.82, 2.24) is 0 Å². The molecule has 0 aromatic heterocycles. The monoisotopic (exact) mass is 492 g/mol. The molecule has 0 saturated carbocycles. The summed E-state index contributed by atoms with van der Waals surface area (Å²) in [6.07, 6.45) is 33.6. The molecular formula is C30H58N3O2+. The van der Waals surface area contributed by atoms with E-state index in [0.29, 0.717) is 17.6 Å². The Hall–Kier alpha value is -1.20. The molecular weight excluding hydrogens is 434 g/mol. The molecule has 0 saturated heterocycles. The zero-order valence-corrected chi connectivity index (χ0v) is 23.2. The molecule has 3 N–H and O–H groups in total. The predicted molar refractivity (Wildman–Crippen MR) is 151 cm³/mol. The highest BCUT2D eigenvalue weighted by molar-refractivity contribution is 5.81. The minimum atomic E-state index is -0.795. The van der Waals surface area contributed by atoms with Gasteiger partial charge in [0.2, 0.25) is 5.84 Å². The van der Waals surface area contributed by atoms with Crippen LogP contribution in [0.4, 0.5) is 0 Å². The molecule has 1 heterocycles. The molecule has 5 nitrogen and oxygen atoms in total. The Morgan fingerprint density at radius 3 is 1.51 bits per heavy atom. The van der Waals surface area contributed by atoms with E-state index in [1.54, 1.807) is 6.20 Å². The molecule has 1 rings (SSSR count). The van der Waals surface area contributed by atoms with E-state index in [1.807, 2.05) is 6.20 Å². The van der Waals surface area contributed by atoms with Crippen molar-refractivity contribution in [3.63, 3.8) is 0 Å². The zero-order valence-electron chi connectivity index (χ0n) is 23.2. The molecule has 0 fully saturated rings. The van der Waals surface area contributed by atoms with E-state index in [1.165, 1.54) is 128 Å². The first-order chi connectivity index (χ1) is 17.1. The van der Waals surface area contributed by atoms with Crippen LogP contribution in [0.15, 0.2) is 17.4 Å². The Balaban J connectivity index is 1.85. The molecule has 0 aromatic rings. The standard InChI is InChI=1S/C30H57N3O2/c1-2-3-4-5-6-7-8-9-10-11-12-13-14-15-16-17-18-19-20-21-22-23-29-32-25-27-33(29,26-24-31)28-30(34)35/h25,27H,2-24,26,28,31H2,1H3/p+1. The number of carboxylic acid groups (broad SMARTS) is 1. The maximum Gasteiger partial charge on any atom is 0.360 e. The normalized spacial score (nSPS) is 17.3. The van der Waals surface area contributed by atoms with Crippen LogP contribution in [0.2, 0.25) is 0 Å². The fraction of sp³-hybridized carbons (Fsp3) is 0.867. The molecule has 0 aromatic carbocycles. The molecule has 1 aliphatic heterocycles. The van der Waals surface area contributed by atoms with Crippen LogP contribution in [0.1, 0.15) is 148 Å². The van der Waals surface area contributed by atoms with E-state index in [2.05, 4.69) is 11.9 Å². The number of amidine groups is 1. The largest absolute Gasteiger partial charge is 0.477 e. The quantitative estimate of drug-likeness (QED) is 0.0941. The van der Waals surface area contributed by atoms with Gasteiger partial charge in [0.1, 0.15) is 12.7 Å². The molecule has 204 valence electrons. The van der Waals surface area contributed by atoms with Gasteiger partial charge in [0, 0.05) is 13.0 Å². The van der Waals surface area contributed by atoms with Gasteiger partial charge in [-0.3, -0.25) is 0 Å². The minimum absolute atomic E-state index is 0.0474. The van der Waals surface area contributed by atoms with Crippen molar-refractivity contribution < 1.29 is 14.4 Å². The SMILES string of the molecule is CCCCCCCCCCCCCCCCCCCCCCCC1=NC=C[N+]1(CCN)CC(=O)O. The highest BCUT2D eigenvalue weighted by Crippen LogP contribution is 2.21. The summed E-state index contributed by atoms with van der Waals surface area (Å²) in [5, 5.41) is 9.28. The molecule has 1 aliphatic rings. The van der Waals surface area contributed by atoms with Crippen molar-refractivity contribution in [2.24, 2.45) is 10.7 Å². The van der Waals surface area contributed by atoms with E-state index in [9.17, 15) is 9.90 Å². The Morgan fingerprint density at radius 1 is 0.743 bits per heavy atom. The number of carboxylic acids is 1. The van der Waals surface area contributed by atoms with E-state index in [4.69, 9.17) is 5.73 Å². The first-order valence-electron chi connectivity index (χ1n) is 15.2. The summed E-state index contributed by atoms with van der Waals surface area (Å²) in [5.41, 5.74) is 5.74. The van der Waals surface area contributed by atoms with E-state index >= 15 is 0 Å². The lowest BCUT2D eigenvalue weighted by Crippen LogP contribution is -2.52. The third-order valence-corrected chi connectivity index (χ3v) is 7.54. The first-order valence-corrected chi connectivity index (χ1v) is 15.2. The Bertz CT molecular complexity index is 576. The van der Waals surface area contributed by atoms with Crippen LogP contribution in [-0.4, -0.2) is 41.0 Å². The number of rotatable bonds is 26. The van der Waals surface area contributed by atoms with Crippen LogP contribution >= 0.6 is 0 Å². The lowest BCUT2D eigenvalue weighted by Gasteiger charge is -2.30. The number of aliphatic carboxylic acids is 1. The highest BCUT2D eigenvalue weighted by atomic mass is 16.4. The van der Waals surface area contributed by atoms with Gasteiger partial charge >= 0.3 is 5.97 Å². The lowest BCUT2D eigenvalue weighted by atomic mass is 10.0. The fourth-order valence-electron chi connectivity index (χ4n) is 5.35. The van der Waals surface area contributed by atoms with Gasteiger partial charge in [0.15, 0.2) is 6.54 Å². The number of hydrogen-bond donors (Lipinski definition) is 2. The topological polar surface area (TPSA) is 75.7 Å². The number of hydrogen-bond acceptors (Lipinski definition) is 3. The summed E-state index contributed by atoms with van der Waals surface area (Å²) in [7, 11) is 0. The maximum absolute atomic E-state index is 11.3. The lowest BCUT2D eigenvalue weighted by molar-refractivity contribution is -0.778. The van der Waals surface area contributed by atoms with Gasteiger partial charge in [-0.1, -0.05) is 135 Å². The van der Waals surface area contributed by atoms with Gasteiger partial charge in [-0.25, -0.2) is 14.3 Å². The number of nitrogens with two attached hydrogens (primary N) is 1. The summed E-state index contributed by atoms with van der Waals surface area (Å²) in [6.45, 7) is 3.42. The van der Waals surface area contributed by atoms with Crippen LogP contribution in [0, 0.1) is 0 Å². The third-order valence-electron chi connectivity index (χ3n) is 7.54. The summed E-state index contributed by atoms with van der Waals surface area (Å²) in [6, 6.07) is 0. The average Bonchev–Trinajstić information content (AvgIpc) is 3.21. The fourth-order valence-corrected chi connectivity index (χ4v) is 5.35. The van der Waals surface area contributed by atoms with Crippen molar-refractivity contribution in [3.8, 4) is 0 Å². The Labute approximate surface area is 217 Å². The number of aliphatic imine (C=N–C) groups is 1. The molecule has 0 bridgehead atoms. The molecule has 1 atom stereocenters. The molecule has 35 heavy (non-hydrogen) atoms. The summed E-state index contributed by atoms with van der Waals surface area (Å²) in [5.74, 6) is 0.173. The molecule has 0 radical (unpaired) electrons. The van der Waals surface area contributed by atoms with E-state index < -0.39 is 5.97 Å². The van der Waals surface area contributed by atoms with Crippen molar-refractivity contribution >= 4 is 11.8 Å². The van der Waals surface area contributed by atoms with Crippen LogP contribution < -0.4 is 5.73 Å². The molecule has 0 spiro atoms. The summed E-state index contributed by atoms with van der Waals surface area (Å²) in [4.78, 5) is 15.8. The van der Waals surface area contributed by atoms with Crippen LogP contribution in [0.5, 0.6) is 0 Å². The van der Waals surface area contributed by atoms with Crippen LogP contribution in [-0.2, 0) is 4.79 Å². The number of quaternary nitrogens is 1. The predicted octanol–water partition coefficient (Wildman–Crippen LogP) is 8.33. The number of carbonyl (C=O) groups is 1. The molecule has 0 amide bonds. The molecule has 1 unspecified atom stereocenters. The van der Waals surface area contributed by atoms with Gasteiger partial charge in [0.25, 0.3) is 0 Å².